The Morgan fingerprint density at radius 3 is 2.88 bits per heavy atom. The number of aryl methyl sites for hydroxylation is 1. The molecular formula is C23H23BrClN3O4S. The molecule has 0 radical (unpaired) electrons. The molecule has 0 unspecified atom stereocenters. The third kappa shape index (κ3) is 5.59. The molecule has 7 nitrogen and oxygen atoms in total. The molecule has 2 aromatic heterocycles. The molecule has 174 valence electrons. The first-order chi connectivity index (χ1) is 16.0. The highest BCUT2D eigenvalue weighted by atomic mass is 79.9. The number of nitrogens with one attached hydrogen (secondary N) is 1. The Morgan fingerprint density at radius 2 is 2.09 bits per heavy atom. The molecule has 4 rings (SSSR count). The molecule has 10 heteroatoms. The van der Waals surface area contributed by atoms with E-state index in [-0.39, 0.29) is 18.4 Å². The number of rotatable bonds is 8. The lowest BCUT2D eigenvalue weighted by Gasteiger charge is -2.12. The summed E-state index contributed by atoms with van der Waals surface area (Å²) in [5, 5.41) is 8.17. The predicted molar refractivity (Wildman–Crippen MR) is 131 cm³/mol. The fourth-order valence-electron chi connectivity index (χ4n) is 3.59. The van der Waals surface area contributed by atoms with Gasteiger partial charge in [0.15, 0.2) is 12.4 Å². The molecule has 1 amide bonds. The average molecular weight is 553 g/mol. The molecule has 0 spiro atoms. The molecule has 0 aliphatic heterocycles. The molecule has 3 aromatic rings. The van der Waals surface area contributed by atoms with Crippen LogP contribution in [0.1, 0.15) is 57.5 Å². The van der Waals surface area contributed by atoms with Crippen LogP contribution in [0.2, 0.25) is 5.02 Å². The molecule has 0 saturated heterocycles. The van der Waals surface area contributed by atoms with Crippen LogP contribution in [0.3, 0.4) is 0 Å². The topological polar surface area (TPSA) is 82.5 Å². The van der Waals surface area contributed by atoms with Crippen LogP contribution < -0.4 is 10.1 Å². The molecule has 1 aliphatic rings. The minimum absolute atomic E-state index is 0.0938. The molecule has 33 heavy (non-hydrogen) atoms. The number of nitrogens with zero attached hydrogens (tertiary/aromatic N) is 2. The number of thiophene rings is 1. The van der Waals surface area contributed by atoms with E-state index in [1.165, 1.54) is 16.0 Å². The van der Waals surface area contributed by atoms with Crippen molar-refractivity contribution in [2.75, 3.05) is 11.9 Å². The van der Waals surface area contributed by atoms with E-state index in [9.17, 15) is 9.59 Å². The van der Waals surface area contributed by atoms with E-state index in [0.717, 1.165) is 47.0 Å². The number of carbonyl (C=O) groups excluding carboxylic acids is 2. The van der Waals surface area contributed by atoms with Gasteiger partial charge >= 0.3 is 5.97 Å². The van der Waals surface area contributed by atoms with Crippen LogP contribution in [0.5, 0.6) is 5.75 Å². The van der Waals surface area contributed by atoms with E-state index in [4.69, 9.17) is 21.1 Å². The van der Waals surface area contributed by atoms with Crippen LogP contribution in [-0.4, -0.2) is 28.3 Å². The molecule has 1 N–H and O–H groups in total. The Morgan fingerprint density at radius 1 is 1.27 bits per heavy atom. The van der Waals surface area contributed by atoms with Crippen molar-refractivity contribution in [3.05, 3.63) is 61.7 Å². The van der Waals surface area contributed by atoms with E-state index in [0.29, 0.717) is 27.9 Å². The zero-order valence-corrected chi connectivity index (χ0v) is 21.2. The van der Waals surface area contributed by atoms with E-state index in [1.54, 1.807) is 24.4 Å². The van der Waals surface area contributed by atoms with Gasteiger partial charge in [-0.1, -0.05) is 34.5 Å². The van der Waals surface area contributed by atoms with Crippen molar-refractivity contribution in [1.29, 1.82) is 0 Å². The SMILES string of the molecule is CCCOC(=O)c1c(NC(=O)c2ccn(COc3ccc(Br)cc3Cl)n2)sc2c1CCCC2. The van der Waals surface area contributed by atoms with Gasteiger partial charge in [0, 0.05) is 15.5 Å². The number of aromatic nitrogens is 2. The average Bonchev–Trinajstić information content (AvgIpc) is 3.41. The van der Waals surface area contributed by atoms with Gasteiger partial charge in [-0.2, -0.15) is 5.10 Å². The zero-order chi connectivity index (χ0) is 23.4. The lowest BCUT2D eigenvalue weighted by Crippen LogP contribution is -2.17. The summed E-state index contributed by atoms with van der Waals surface area (Å²) in [6.07, 6.45) is 6.23. The second-order valence-electron chi connectivity index (χ2n) is 7.59. The number of anilines is 1. The largest absolute Gasteiger partial charge is 0.470 e. The quantitative estimate of drug-likeness (QED) is 0.342. The Balaban J connectivity index is 1.47. The lowest BCUT2D eigenvalue weighted by molar-refractivity contribution is 0.0505. The van der Waals surface area contributed by atoms with Crippen molar-refractivity contribution < 1.29 is 19.1 Å². The van der Waals surface area contributed by atoms with Crippen LogP contribution in [0.4, 0.5) is 5.00 Å². The molecule has 0 bridgehead atoms. The highest BCUT2D eigenvalue weighted by molar-refractivity contribution is 9.10. The van der Waals surface area contributed by atoms with Crippen molar-refractivity contribution in [2.24, 2.45) is 0 Å². The number of ether oxygens (including phenoxy) is 2. The molecule has 0 atom stereocenters. The lowest BCUT2D eigenvalue weighted by atomic mass is 9.95. The molecule has 1 aromatic carbocycles. The summed E-state index contributed by atoms with van der Waals surface area (Å²) >= 11 is 11.0. The first-order valence-corrected chi connectivity index (χ1v) is 12.7. The fraction of sp³-hybridized carbons (Fsp3) is 0.348. The van der Waals surface area contributed by atoms with Crippen LogP contribution in [0, 0.1) is 0 Å². The maximum atomic E-state index is 12.9. The number of benzene rings is 1. The van der Waals surface area contributed by atoms with E-state index in [1.807, 2.05) is 13.0 Å². The molecule has 1 aliphatic carbocycles. The maximum absolute atomic E-state index is 12.9. The third-order valence-corrected chi connectivity index (χ3v) is 7.16. The third-order valence-electron chi connectivity index (χ3n) is 5.16. The Labute approximate surface area is 209 Å². The Kier molecular flexibility index (Phi) is 7.72. The highest BCUT2D eigenvalue weighted by Gasteiger charge is 2.28. The second-order valence-corrected chi connectivity index (χ2v) is 10.0. The predicted octanol–water partition coefficient (Wildman–Crippen LogP) is 6.09. The first kappa shape index (κ1) is 23.8. The van der Waals surface area contributed by atoms with Crippen molar-refractivity contribution >= 4 is 55.7 Å². The van der Waals surface area contributed by atoms with E-state index in [2.05, 4.69) is 26.3 Å². The summed E-state index contributed by atoms with van der Waals surface area (Å²) in [4.78, 5) is 26.8. The second kappa shape index (κ2) is 10.7. The highest BCUT2D eigenvalue weighted by Crippen LogP contribution is 2.38. The smallest absolute Gasteiger partial charge is 0.341 e. The summed E-state index contributed by atoms with van der Waals surface area (Å²) in [6, 6.07) is 6.92. The summed E-state index contributed by atoms with van der Waals surface area (Å²) < 4.78 is 13.4. The molecule has 0 fully saturated rings. The number of amides is 1. The summed E-state index contributed by atoms with van der Waals surface area (Å²) in [5.41, 5.74) is 1.72. The van der Waals surface area contributed by atoms with Crippen LogP contribution in [-0.2, 0) is 24.3 Å². The normalized spacial score (nSPS) is 12.8. The van der Waals surface area contributed by atoms with Gasteiger partial charge in [0.1, 0.15) is 10.8 Å². The molecule has 2 heterocycles. The zero-order valence-electron chi connectivity index (χ0n) is 18.0. The summed E-state index contributed by atoms with van der Waals surface area (Å²) in [5.74, 6) is -0.254. The Bertz CT molecular complexity index is 1180. The number of carbonyl (C=O) groups is 2. The fourth-order valence-corrected chi connectivity index (χ4v) is 5.59. The first-order valence-electron chi connectivity index (χ1n) is 10.7. The van der Waals surface area contributed by atoms with Gasteiger partial charge in [0.25, 0.3) is 5.91 Å². The van der Waals surface area contributed by atoms with E-state index < -0.39 is 5.91 Å². The molecular weight excluding hydrogens is 530 g/mol. The number of hydrogen-bond donors (Lipinski definition) is 1. The van der Waals surface area contributed by atoms with Crippen LogP contribution >= 0.6 is 38.9 Å². The number of hydrogen-bond acceptors (Lipinski definition) is 6. The minimum Gasteiger partial charge on any atom is -0.470 e. The number of esters is 1. The van der Waals surface area contributed by atoms with Crippen LogP contribution in [0.15, 0.2) is 34.9 Å². The van der Waals surface area contributed by atoms with Gasteiger partial charge < -0.3 is 14.8 Å². The standard InChI is InChI=1S/C23H23BrClN3O4S/c1-2-11-31-23(30)20-15-5-3-4-6-19(15)33-22(20)26-21(29)17-9-10-28(27-17)13-32-18-8-7-14(24)12-16(18)25/h7-10,12H,2-6,11,13H2,1H3,(H,26,29). The van der Waals surface area contributed by atoms with Crippen molar-refractivity contribution in [3.8, 4) is 5.75 Å². The van der Waals surface area contributed by atoms with Gasteiger partial charge in [-0.25, -0.2) is 9.48 Å². The van der Waals surface area contributed by atoms with Gasteiger partial charge in [-0.05, 0) is 61.9 Å². The minimum atomic E-state index is -0.390. The maximum Gasteiger partial charge on any atom is 0.341 e. The van der Waals surface area contributed by atoms with Crippen molar-refractivity contribution in [3.63, 3.8) is 0 Å². The van der Waals surface area contributed by atoms with Gasteiger partial charge in [0.2, 0.25) is 0 Å². The Hall–Kier alpha value is -2.36. The molecule has 0 saturated carbocycles. The summed E-state index contributed by atoms with van der Waals surface area (Å²) in [7, 11) is 0. The van der Waals surface area contributed by atoms with Crippen molar-refractivity contribution in [2.45, 2.75) is 45.8 Å². The number of fused-ring (bicyclic) bond motifs is 1. The van der Waals surface area contributed by atoms with Crippen molar-refractivity contribution in [1.82, 2.24) is 9.78 Å². The van der Waals surface area contributed by atoms with Gasteiger partial charge in [-0.3, -0.25) is 4.79 Å². The number of halogens is 2. The monoisotopic (exact) mass is 551 g/mol. The van der Waals surface area contributed by atoms with Gasteiger partial charge in [0.05, 0.1) is 17.2 Å². The van der Waals surface area contributed by atoms with E-state index >= 15 is 0 Å². The van der Waals surface area contributed by atoms with Crippen LogP contribution in [0.25, 0.3) is 0 Å². The summed E-state index contributed by atoms with van der Waals surface area (Å²) in [6.45, 7) is 2.39. The van der Waals surface area contributed by atoms with Gasteiger partial charge in [-0.15, -0.1) is 11.3 Å².